The highest BCUT2D eigenvalue weighted by molar-refractivity contribution is 5.94. The van der Waals surface area contributed by atoms with Crippen molar-refractivity contribution < 1.29 is 14.7 Å². The molecule has 0 bridgehead atoms. The standard InChI is InChI=1S/C27H24N2O3/c30-26(31)17-22-18-29-25(24-9-5-4-8-23(22)24)16-20-10-12-21(13-11-20)27(32)28-15-14-19-6-2-1-3-7-19/h1-13,18H,14-17H2,(H,28,32)(H,30,31). The van der Waals surface area contributed by atoms with Gasteiger partial charge in [-0.15, -0.1) is 0 Å². The first kappa shape index (κ1) is 21.2. The van der Waals surface area contributed by atoms with E-state index in [4.69, 9.17) is 5.11 Å². The largest absolute Gasteiger partial charge is 0.481 e. The first-order chi connectivity index (χ1) is 15.6. The van der Waals surface area contributed by atoms with E-state index < -0.39 is 5.97 Å². The van der Waals surface area contributed by atoms with Crippen molar-refractivity contribution in [2.45, 2.75) is 19.3 Å². The van der Waals surface area contributed by atoms with Crippen molar-refractivity contribution in [2.75, 3.05) is 6.54 Å². The molecule has 1 amide bonds. The van der Waals surface area contributed by atoms with Gasteiger partial charge in [0.2, 0.25) is 0 Å². The number of carboxylic acid groups (broad SMARTS) is 1. The van der Waals surface area contributed by atoms with E-state index in [0.717, 1.165) is 28.5 Å². The minimum atomic E-state index is -0.873. The maximum absolute atomic E-state index is 12.4. The van der Waals surface area contributed by atoms with Gasteiger partial charge in [0.25, 0.3) is 5.91 Å². The van der Waals surface area contributed by atoms with Crippen LogP contribution in [-0.2, 0) is 24.1 Å². The third-order valence-electron chi connectivity index (χ3n) is 5.43. The van der Waals surface area contributed by atoms with E-state index in [1.807, 2.05) is 78.9 Å². The van der Waals surface area contributed by atoms with Crippen LogP contribution in [0.4, 0.5) is 0 Å². The van der Waals surface area contributed by atoms with Gasteiger partial charge in [0, 0.05) is 30.1 Å². The molecule has 1 heterocycles. The number of amides is 1. The summed E-state index contributed by atoms with van der Waals surface area (Å²) in [6.07, 6.45) is 2.99. The van der Waals surface area contributed by atoms with Crippen molar-refractivity contribution in [2.24, 2.45) is 0 Å². The molecule has 5 nitrogen and oxygen atoms in total. The number of aliphatic carboxylic acids is 1. The molecule has 0 radical (unpaired) electrons. The number of nitrogens with one attached hydrogen (secondary N) is 1. The van der Waals surface area contributed by atoms with E-state index in [1.54, 1.807) is 6.20 Å². The Kier molecular flexibility index (Phi) is 6.56. The van der Waals surface area contributed by atoms with Crippen molar-refractivity contribution in [3.8, 4) is 0 Å². The Labute approximate surface area is 186 Å². The second kappa shape index (κ2) is 9.88. The Bertz CT molecular complexity index is 1230. The lowest BCUT2D eigenvalue weighted by Gasteiger charge is -2.10. The molecule has 0 aliphatic carbocycles. The fraction of sp³-hybridized carbons (Fsp3) is 0.148. The second-order valence-electron chi connectivity index (χ2n) is 7.71. The zero-order valence-electron chi connectivity index (χ0n) is 17.6. The van der Waals surface area contributed by atoms with E-state index in [2.05, 4.69) is 10.3 Å². The Hall–Kier alpha value is -3.99. The summed E-state index contributed by atoms with van der Waals surface area (Å²) < 4.78 is 0. The van der Waals surface area contributed by atoms with E-state index in [9.17, 15) is 9.59 Å². The molecule has 5 heteroatoms. The van der Waals surface area contributed by atoms with E-state index in [0.29, 0.717) is 24.1 Å². The average Bonchev–Trinajstić information content (AvgIpc) is 2.81. The zero-order chi connectivity index (χ0) is 22.3. The van der Waals surface area contributed by atoms with Gasteiger partial charge in [0.05, 0.1) is 12.1 Å². The third kappa shape index (κ3) is 5.19. The summed E-state index contributed by atoms with van der Waals surface area (Å²) in [6, 6.07) is 25.3. The Balaban J connectivity index is 1.43. The lowest BCUT2D eigenvalue weighted by atomic mass is 9.99. The zero-order valence-corrected chi connectivity index (χ0v) is 17.6. The van der Waals surface area contributed by atoms with E-state index in [-0.39, 0.29) is 12.3 Å². The summed E-state index contributed by atoms with van der Waals surface area (Å²) in [5.74, 6) is -0.962. The number of pyridine rings is 1. The summed E-state index contributed by atoms with van der Waals surface area (Å²) in [4.78, 5) is 28.1. The lowest BCUT2D eigenvalue weighted by molar-refractivity contribution is -0.136. The van der Waals surface area contributed by atoms with Crippen LogP contribution < -0.4 is 5.32 Å². The van der Waals surface area contributed by atoms with Crippen molar-refractivity contribution in [1.82, 2.24) is 10.3 Å². The number of hydrogen-bond donors (Lipinski definition) is 2. The minimum Gasteiger partial charge on any atom is -0.481 e. The number of benzene rings is 3. The monoisotopic (exact) mass is 424 g/mol. The van der Waals surface area contributed by atoms with Crippen LogP contribution >= 0.6 is 0 Å². The fourth-order valence-corrected chi connectivity index (χ4v) is 3.79. The average molecular weight is 425 g/mol. The first-order valence-electron chi connectivity index (χ1n) is 10.6. The van der Waals surface area contributed by atoms with Gasteiger partial charge in [0.15, 0.2) is 0 Å². The number of carbonyl (C=O) groups is 2. The summed E-state index contributed by atoms with van der Waals surface area (Å²) >= 11 is 0. The third-order valence-corrected chi connectivity index (χ3v) is 5.43. The molecule has 0 aliphatic heterocycles. The Morgan fingerprint density at radius 3 is 2.22 bits per heavy atom. The number of nitrogens with zero attached hydrogens (tertiary/aromatic N) is 1. The number of carbonyl (C=O) groups excluding carboxylic acids is 1. The van der Waals surface area contributed by atoms with Gasteiger partial charge in [-0.2, -0.15) is 0 Å². The molecule has 0 unspecified atom stereocenters. The molecule has 0 saturated carbocycles. The van der Waals surface area contributed by atoms with Crippen LogP contribution in [0.5, 0.6) is 0 Å². The van der Waals surface area contributed by atoms with Crippen molar-refractivity contribution in [3.63, 3.8) is 0 Å². The van der Waals surface area contributed by atoms with Gasteiger partial charge >= 0.3 is 5.97 Å². The first-order valence-corrected chi connectivity index (χ1v) is 10.6. The number of fused-ring (bicyclic) bond motifs is 1. The highest BCUT2D eigenvalue weighted by Gasteiger charge is 2.11. The summed E-state index contributed by atoms with van der Waals surface area (Å²) in [5, 5.41) is 14.0. The summed E-state index contributed by atoms with van der Waals surface area (Å²) in [5.41, 5.74) is 4.44. The van der Waals surface area contributed by atoms with Crippen LogP contribution in [0.2, 0.25) is 0 Å². The molecule has 0 fully saturated rings. The number of carboxylic acids is 1. The van der Waals surface area contributed by atoms with Gasteiger partial charge in [-0.25, -0.2) is 0 Å². The smallest absolute Gasteiger partial charge is 0.307 e. The van der Waals surface area contributed by atoms with Gasteiger partial charge in [-0.1, -0.05) is 66.7 Å². The van der Waals surface area contributed by atoms with Gasteiger partial charge in [0.1, 0.15) is 0 Å². The van der Waals surface area contributed by atoms with Crippen LogP contribution in [0, 0.1) is 0 Å². The maximum atomic E-state index is 12.4. The summed E-state index contributed by atoms with van der Waals surface area (Å²) in [7, 11) is 0. The highest BCUT2D eigenvalue weighted by atomic mass is 16.4. The van der Waals surface area contributed by atoms with Crippen molar-refractivity contribution >= 4 is 22.6 Å². The molecule has 4 aromatic rings. The Morgan fingerprint density at radius 1 is 0.812 bits per heavy atom. The quantitative estimate of drug-likeness (QED) is 0.439. The topological polar surface area (TPSA) is 79.3 Å². The molecule has 0 aliphatic rings. The predicted octanol–water partition coefficient (Wildman–Crippen LogP) is 4.43. The molecule has 3 aromatic carbocycles. The lowest BCUT2D eigenvalue weighted by Crippen LogP contribution is -2.25. The molecule has 32 heavy (non-hydrogen) atoms. The number of aromatic nitrogens is 1. The second-order valence-corrected chi connectivity index (χ2v) is 7.71. The van der Waals surface area contributed by atoms with Crippen LogP contribution in [0.25, 0.3) is 10.8 Å². The number of hydrogen-bond acceptors (Lipinski definition) is 3. The molecular formula is C27H24N2O3. The van der Waals surface area contributed by atoms with Crippen molar-refractivity contribution in [1.29, 1.82) is 0 Å². The van der Waals surface area contributed by atoms with Crippen LogP contribution in [0.1, 0.15) is 32.7 Å². The molecule has 0 spiro atoms. The van der Waals surface area contributed by atoms with Crippen LogP contribution in [0.15, 0.2) is 85.1 Å². The molecule has 0 saturated heterocycles. The Morgan fingerprint density at radius 2 is 1.50 bits per heavy atom. The van der Waals surface area contributed by atoms with Gasteiger partial charge in [-0.05, 0) is 40.6 Å². The van der Waals surface area contributed by atoms with E-state index >= 15 is 0 Å². The molecule has 1 aromatic heterocycles. The minimum absolute atomic E-state index is 0.0537. The van der Waals surface area contributed by atoms with Gasteiger partial charge in [-0.3, -0.25) is 14.6 Å². The summed E-state index contributed by atoms with van der Waals surface area (Å²) in [6.45, 7) is 0.587. The SMILES string of the molecule is O=C(O)Cc1cnc(Cc2ccc(C(=O)NCCc3ccccc3)cc2)c2ccccc12. The number of rotatable bonds is 8. The van der Waals surface area contributed by atoms with Crippen molar-refractivity contribution in [3.05, 3.63) is 113 Å². The molecular weight excluding hydrogens is 400 g/mol. The predicted molar refractivity (Wildman–Crippen MR) is 125 cm³/mol. The van der Waals surface area contributed by atoms with Crippen LogP contribution in [0.3, 0.4) is 0 Å². The fourth-order valence-electron chi connectivity index (χ4n) is 3.79. The molecule has 0 atom stereocenters. The normalized spacial score (nSPS) is 10.8. The van der Waals surface area contributed by atoms with Crippen LogP contribution in [-0.4, -0.2) is 28.5 Å². The highest BCUT2D eigenvalue weighted by Crippen LogP contribution is 2.23. The molecule has 2 N–H and O–H groups in total. The maximum Gasteiger partial charge on any atom is 0.307 e. The molecule has 160 valence electrons. The van der Waals surface area contributed by atoms with Gasteiger partial charge < -0.3 is 10.4 Å². The molecule has 4 rings (SSSR count). The van der Waals surface area contributed by atoms with E-state index in [1.165, 1.54) is 5.56 Å².